The standard InChI is InChI=1S/C14H17N5O2S2/c1-3-15-12(21)17-11(20)9(2)22-14-19-18-13(23-14)16-10-7-5-4-6-8-10/h4-9H,3H2,1-2H3,(H,16,18)(H2,15,17,20,21)/t9-/m0/s1. The number of aromatic nitrogens is 2. The minimum absolute atomic E-state index is 0.367. The Bertz CT molecular complexity index is 662. The molecule has 0 aliphatic rings. The van der Waals surface area contributed by atoms with E-state index in [0.29, 0.717) is 16.0 Å². The highest BCUT2D eigenvalue weighted by molar-refractivity contribution is 8.02. The molecule has 0 fully saturated rings. The number of hydrogen-bond acceptors (Lipinski definition) is 7. The lowest BCUT2D eigenvalue weighted by molar-refractivity contribution is -0.119. The minimum Gasteiger partial charge on any atom is -0.338 e. The molecule has 2 rings (SSSR count). The Morgan fingerprint density at radius 1 is 1.26 bits per heavy atom. The van der Waals surface area contributed by atoms with Crippen molar-refractivity contribution in [2.75, 3.05) is 11.9 Å². The highest BCUT2D eigenvalue weighted by atomic mass is 32.2. The summed E-state index contributed by atoms with van der Waals surface area (Å²) in [6.45, 7) is 3.96. The van der Waals surface area contributed by atoms with Crippen LogP contribution < -0.4 is 16.0 Å². The molecule has 7 nitrogen and oxygen atoms in total. The quantitative estimate of drug-likeness (QED) is 0.692. The molecule has 0 saturated heterocycles. The van der Waals surface area contributed by atoms with Crippen molar-refractivity contribution in [2.45, 2.75) is 23.4 Å². The summed E-state index contributed by atoms with van der Waals surface area (Å²) < 4.78 is 0.655. The predicted molar refractivity (Wildman–Crippen MR) is 92.2 cm³/mol. The second kappa shape index (κ2) is 8.49. The minimum atomic E-state index is -0.492. The highest BCUT2D eigenvalue weighted by Gasteiger charge is 2.19. The Morgan fingerprint density at radius 2 is 2.00 bits per heavy atom. The molecule has 3 amide bonds. The first kappa shape index (κ1) is 17.2. The molecule has 0 spiro atoms. The van der Waals surface area contributed by atoms with E-state index in [9.17, 15) is 9.59 Å². The van der Waals surface area contributed by atoms with E-state index in [1.165, 1.54) is 23.1 Å². The summed E-state index contributed by atoms with van der Waals surface area (Å²) in [7, 11) is 0. The van der Waals surface area contributed by atoms with Crippen molar-refractivity contribution < 1.29 is 9.59 Å². The van der Waals surface area contributed by atoms with E-state index in [4.69, 9.17) is 0 Å². The van der Waals surface area contributed by atoms with Gasteiger partial charge in [0.15, 0.2) is 4.34 Å². The first-order chi connectivity index (χ1) is 11.1. The van der Waals surface area contributed by atoms with Crippen molar-refractivity contribution in [1.82, 2.24) is 20.8 Å². The van der Waals surface area contributed by atoms with Gasteiger partial charge in [-0.15, -0.1) is 10.2 Å². The second-order valence-electron chi connectivity index (χ2n) is 4.47. The van der Waals surface area contributed by atoms with Crippen LogP contribution in [0.25, 0.3) is 0 Å². The van der Waals surface area contributed by atoms with Crippen LogP contribution in [0, 0.1) is 0 Å². The van der Waals surface area contributed by atoms with E-state index in [0.717, 1.165) is 5.69 Å². The van der Waals surface area contributed by atoms with Crippen LogP contribution in [-0.4, -0.2) is 33.9 Å². The number of nitrogens with one attached hydrogen (secondary N) is 3. The van der Waals surface area contributed by atoms with Gasteiger partial charge in [-0.25, -0.2) is 4.79 Å². The molecule has 0 radical (unpaired) electrons. The van der Waals surface area contributed by atoms with Crippen LogP contribution >= 0.6 is 23.1 Å². The summed E-state index contributed by atoms with van der Waals surface area (Å²) in [4.78, 5) is 23.2. The second-order valence-corrected chi connectivity index (χ2v) is 7.04. The van der Waals surface area contributed by atoms with Gasteiger partial charge >= 0.3 is 6.03 Å². The van der Waals surface area contributed by atoms with Gasteiger partial charge in [0.1, 0.15) is 0 Å². The number of thioether (sulfide) groups is 1. The molecule has 2 aromatic rings. The summed E-state index contributed by atoms with van der Waals surface area (Å²) in [5.41, 5.74) is 0.919. The van der Waals surface area contributed by atoms with Crippen molar-refractivity contribution in [3.63, 3.8) is 0 Å². The molecule has 0 saturated carbocycles. The Kier molecular flexibility index (Phi) is 6.36. The Hall–Kier alpha value is -2.13. The highest BCUT2D eigenvalue weighted by Crippen LogP contribution is 2.30. The molecule has 1 aromatic carbocycles. The summed E-state index contributed by atoms with van der Waals surface area (Å²) in [6, 6.07) is 9.14. The number of carbonyl (C=O) groups is 2. The predicted octanol–water partition coefficient (Wildman–Crippen LogP) is 2.61. The number of benzene rings is 1. The van der Waals surface area contributed by atoms with Crippen molar-refractivity contribution in [3.05, 3.63) is 30.3 Å². The Morgan fingerprint density at radius 3 is 2.70 bits per heavy atom. The third-order valence-corrected chi connectivity index (χ3v) is 4.68. The normalized spacial score (nSPS) is 11.6. The lowest BCUT2D eigenvalue weighted by Crippen LogP contribution is -2.42. The smallest absolute Gasteiger partial charge is 0.321 e. The van der Waals surface area contributed by atoms with Crippen LogP contribution in [0.5, 0.6) is 0 Å². The molecule has 9 heteroatoms. The Labute approximate surface area is 142 Å². The number of imide groups is 1. The third-order valence-electron chi connectivity index (χ3n) is 2.65. The molecule has 122 valence electrons. The number of rotatable bonds is 6. The van der Waals surface area contributed by atoms with E-state index in [1.54, 1.807) is 13.8 Å². The fourth-order valence-corrected chi connectivity index (χ4v) is 3.49. The van der Waals surface area contributed by atoms with Gasteiger partial charge in [0.05, 0.1) is 5.25 Å². The molecule has 1 atom stereocenters. The SMILES string of the molecule is CCNC(=O)NC(=O)[C@H](C)Sc1nnc(Nc2ccccc2)s1. The molecular formula is C14H17N5O2S2. The summed E-state index contributed by atoms with van der Waals surface area (Å²) >= 11 is 2.61. The number of anilines is 2. The van der Waals surface area contributed by atoms with Crippen molar-refractivity contribution in [2.24, 2.45) is 0 Å². The van der Waals surface area contributed by atoms with Crippen LogP contribution in [0.2, 0.25) is 0 Å². The summed E-state index contributed by atoms with van der Waals surface area (Å²) in [5, 5.41) is 16.2. The topological polar surface area (TPSA) is 96.0 Å². The van der Waals surface area contributed by atoms with E-state index in [2.05, 4.69) is 26.1 Å². The van der Waals surface area contributed by atoms with Gasteiger partial charge in [0, 0.05) is 12.2 Å². The number of urea groups is 1. The number of nitrogens with zero attached hydrogens (tertiary/aromatic N) is 2. The van der Waals surface area contributed by atoms with E-state index >= 15 is 0 Å². The molecule has 0 aliphatic carbocycles. The zero-order valence-corrected chi connectivity index (χ0v) is 14.3. The first-order valence-corrected chi connectivity index (χ1v) is 8.69. The van der Waals surface area contributed by atoms with Crippen molar-refractivity contribution in [3.8, 4) is 0 Å². The average molecular weight is 351 g/mol. The van der Waals surface area contributed by atoms with E-state index in [-0.39, 0.29) is 5.91 Å². The number of hydrogen-bond donors (Lipinski definition) is 3. The molecule has 0 bridgehead atoms. The number of amides is 3. The molecule has 0 unspecified atom stereocenters. The lowest BCUT2D eigenvalue weighted by atomic mass is 10.3. The van der Waals surface area contributed by atoms with Gasteiger partial charge in [-0.2, -0.15) is 0 Å². The largest absolute Gasteiger partial charge is 0.338 e. The van der Waals surface area contributed by atoms with Crippen LogP contribution in [0.4, 0.5) is 15.6 Å². The molecule has 1 aromatic heterocycles. The number of carbonyl (C=O) groups excluding carboxylic acids is 2. The fraction of sp³-hybridized carbons (Fsp3) is 0.286. The maximum atomic E-state index is 11.9. The van der Waals surface area contributed by atoms with Gasteiger partial charge in [-0.3, -0.25) is 10.1 Å². The zero-order valence-electron chi connectivity index (χ0n) is 12.7. The van der Waals surface area contributed by atoms with Crippen LogP contribution in [0.1, 0.15) is 13.8 Å². The lowest BCUT2D eigenvalue weighted by Gasteiger charge is -2.09. The zero-order chi connectivity index (χ0) is 16.7. The van der Waals surface area contributed by atoms with Gasteiger partial charge < -0.3 is 10.6 Å². The average Bonchev–Trinajstić information content (AvgIpc) is 2.95. The fourth-order valence-electron chi connectivity index (χ4n) is 1.58. The maximum Gasteiger partial charge on any atom is 0.321 e. The third kappa shape index (κ3) is 5.53. The molecule has 0 aliphatic heterocycles. The Balaban J connectivity index is 1.88. The summed E-state index contributed by atoms with van der Waals surface area (Å²) in [6.07, 6.45) is 0. The maximum absolute atomic E-state index is 11.9. The van der Waals surface area contributed by atoms with Gasteiger partial charge in [0.25, 0.3) is 0 Å². The van der Waals surface area contributed by atoms with Crippen LogP contribution in [0.15, 0.2) is 34.7 Å². The van der Waals surface area contributed by atoms with Crippen molar-refractivity contribution >= 4 is 45.9 Å². The molecule has 1 heterocycles. The molecular weight excluding hydrogens is 334 g/mol. The monoisotopic (exact) mass is 351 g/mol. The van der Waals surface area contributed by atoms with Gasteiger partial charge in [0.2, 0.25) is 11.0 Å². The molecule has 23 heavy (non-hydrogen) atoms. The van der Waals surface area contributed by atoms with Gasteiger partial charge in [-0.1, -0.05) is 41.3 Å². The van der Waals surface area contributed by atoms with E-state index in [1.807, 2.05) is 30.3 Å². The van der Waals surface area contributed by atoms with Crippen LogP contribution in [-0.2, 0) is 4.79 Å². The van der Waals surface area contributed by atoms with Gasteiger partial charge in [-0.05, 0) is 26.0 Å². The first-order valence-electron chi connectivity index (χ1n) is 6.99. The van der Waals surface area contributed by atoms with E-state index < -0.39 is 11.3 Å². The number of para-hydroxylation sites is 1. The van der Waals surface area contributed by atoms with Crippen LogP contribution in [0.3, 0.4) is 0 Å². The molecule has 3 N–H and O–H groups in total. The van der Waals surface area contributed by atoms with Crippen molar-refractivity contribution in [1.29, 1.82) is 0 Å². The summed E-state index contributed by atoms with van der Waals surface area (Å²) in [5.74, 6) is -0.367.